The summed E-state index contributed by atoms with van der Waals surface area (Å²) in [4.78, 5) is 31.3. The summed E-state index contributed by atoms with van der Waals surface area (Å²) in [7, 11) is 0. The van der Waals surface area contributed by atoms with Crippen LogP contribution in [-0.4, -0.2) is 51.6 Å². The standard InChI is InChI=1S/C26H32ClN3O4/c1-26(33)10-7-21(8-11-26)30-13-9-19(25(30)32)14-18-5-6-22(15-23(18)27)34-17-24(31)29-16-20-4-2-3-12-28-20/h2-6,12,15,19,21,33H,7-11,13-14,16-17H2,1H3,(H,29,31). The zero-order valence-corrected chi connectivity index (χ0v) is 20.3. The molecule has 2 N–H and O–H groups in total. The van der Waals surface area contributed by atoms with Gasteiger partial charge < -0.3 is 20.1 Å². The SMILES string of the molecule is CC1(O)CCC(N2CCC(Cc3ccc(OCC(=O)NCc4ccccn4)cc3Cl)C2=O)CC1. The fraction of sp³-hybridized carbons (Fsp3) is 0.500. The molecular weight excluding hydrogens is 454 g/mol. The lowest BCUT2D eigenvalue weighted by Gasteiger charge is -2.37. The molecular formula is C26H32ClN3O4. The van der Waals surface area contributed by atoms with Crippen LogP contribution in [-0.2, 0) is 22.6 Å². The summed E-state index contributed by atoms with van der Waals surface area (Å²) in [6.07, 6.45) is 6.27. The maximum absolute atomic E-state index is 13.0. The number of carbonyl (C=O) groups excluding carboxylic acids is 2. The van der Waals surface area contributed by atoms with Crippen LogP contribution in [0.5, 0.6) is 5.75 Å². The average Bonchev–Trinajstić information content (AvgIpc) is 3.18. The van der Waals surface area contributed by atoms with Crippen molar-refractivity contribution in [1.29, 1.82) is 0 Å². The first kappa shape index (κ1) is 24.5. The molecule has 0 radical (unpaired) electrons. The number of pyridine rings is 1. The molecule has 1 unspecified atom stereocenters. The highest BCUT2D eigenvalue weighted by atomic mass is 35.5. The highest BCUT2D eigenvalue weighted by Gasteiger charge is 2.39. The first-order valence-electron chi connectivity index (χ1n) is 11.9. The number of halogens is 1. The summed E-state index contributed by atoms with van der Waals surface area (Å²) < 4.78 is 5.58. The van der Waals surface area contributed by atoms with Crippen molar-refractivity contribution in [2.75, 3.05) is 13.2 Å². The van der Waals surface area contributed by atoms with Gasteiger partial charge >= 0.3 is 0 Å². The van der Waals surface area contributed by atoms with E-state index in [1.54, 1.807) is 18.3 Å². The van der Waals surface area contributed by atoms with Crippen molar-refractivity contribution >= 4 is 23.4 Å². The third kappa shape index (κ3) is 6.27. The summed E-state index contributed by atoms with van der Waals surface area (Å²) in [5.41, 5.74) is 1.08. The summed E-state index contributed by atoms with van der Waals surface area (Å²) in [5.74, 6) is 0.374. The number of ether oxygens (including phenoxy) is 1. The largest absolute Gasteiger partial charge is 0.484 e. The van der Waals surface area contributed by atoms with Crippen molar-refractivity contribution < 1.29 is 19.4 Å². The number of amides is 2. The van der Waals surface area contributed by atoms with E-state index in [2.05, 4.69) is 10.3 Å². The van der Waals surface area contributed by atoms with E-state index < -0.39 is 5.60 Å². The number of benzene rings is 1. The molecule has 2 amide bonds. The fourth-order valence-corrected chi connectivity index (χ4v) is 5.04. The van der Waals surface area contributed by atoms with Gasteiger partial charge in [-0.25, -0.2) is 0 Å². The van der Waals surface area contributed by atoms with Gasteiger partial charge in [0.15, 0.2) is 6.61 Å². The normalized spacial score (nSPS) is 24.8. The molecule has 1 aliphatic carbocycles. The summed E-state index contributed by atoms with van der Waals surface area (Å²) >= 11 is 6.49. The van der Waals surface area contributed by atoms with Crippen LogP contribution in [0.1, 0.15) is 50.3 Å². The molecule has 4 rings (SSSR count). The topological polar surface area (TPSA) is 91.8 Å². The molecule has 0 bridgehead atoms. The number of aromatic nitrogens is 1. The van der Waals surface area contributed by atoms with Crippen LogP contribution in [0, 0.1) is 5.92 Å². The van der Waals surface area contributed by atoms with Crippen molar-refractivity contribution in [2.24, 2.45) is 5.92 Å². The third-order valence-corrected chi connectivity index (χ3v) is 7.23. The van der Waals surface area contributed by atoms with Crippen LogP contribution in [0.15, 0.2) is 42.6 Å². The van der Waals surface area contributed by atoms with Gasteiger partial charge in [-0.3, -0.25) is 14.6 Å². The lowest BCUT2D eigenvalue weighted by Crippen LogP contribution is -2.43. The van der Waals surface area contributed by atoms with E-state index in [1.807, 2.05) is 36.1 Å². The van der Waals surface area contributed by atoms with Gasteiger partial charge in [0.1, 0.15) is 5.75 Å². The van der Waals surface area contributed by atoms with Crippen LogP contribution < -0.4 is 10.1 Å². The number of nitrogens with zero attached hydrogens (tertiary/aromatic N) is 2. The van der Waals surface area contributed by atoms with Crippen molar-refractivity contribution in [3.05, 3.63) is 58.9 Å². The lowest BCUT2D eigenvalue weighted by molar-refractivity contribution is -0.134. The number of likely N-dealkylation sites (tertiary alicyclic amines) is 1. The monoisotopic (exact) mass is 485 g/mol. The van der Waals surface area contributed by atoms with E-state index in [-0.39, 0.29) is 30.4 Å². The molecule has 1 aliphatic heterocycles. The molecule has 2 aromatic rings. The Morgan fingerprint density at radius 1 is 1.26 bits per heavy atom. The number of carbonyl (C=O) groups is 2. The van der Waals surface area contributed by atoms with Crippen molar-refractivity contribution in [1.82, 2.24) is 15.2 Å². The molecule has 2 fully saturated rings. The number of hydrogen-bond donors (Lipinski definition) is 2. The number of nitrogens with one attached hydrogen (secondary N) is 1. The summed E-state index contributed by atoms with van der Waals surface area (Å²) in [5, 5.41) is 13.5. The van der Waals surface area contributed by atoms with Gasteiger partial charge in [0.25, 0.3) is 5.91 Å². The molecule has 1 aromatic heterocycles. The Balaban J connectivity index is 1.25. The molecule has 182 valence electrons. The Bertz CT molecular complexity index is 1000. The molecule has 1 saturated heterocycles. The second kappa shape index (κ2) is 10.7. The second-order valence-corrected chi connectivity index (χ2v) is 10.00. The summed E-state index contributed by atoms with van der Waals surface area (Å²) in [6, 6.07) is 11.1. The predicted octanol–water partition coefficient (Wildman–Crippen LogP) is 3.51. The van der Waals surface area contributed by atoms with Gasteiger partial charge in [-0.1, -0.05) is 23.7 Å². The zero-order chi connectivity index (χ0) is 24.1. The molecule has 8 heteroatoms. The fourth-order valence-electron chi connectivity index (χ4n) is 4.79. The molecule has 2 aliphatic rings. The van der Waals surface area contributed by atoms with Crippen LogP contribution in [0.3, 0.4) is 0 Å². The summed E-state index contributed by atoms with van der Waals surface area (Å²) in [6.45, 7) is 2.87. The first-order valence-corrected chi connectivity index (χ1v) is 12.3. The van der Waals surface area contributed by atoms with Gasteiger partial charge in [0.2, 0.25) is 5.91 Å². The third-order valence-electron chi connectivity index (χ3n) is 6.88. The predicted molar refractivity (Wildman–Crippen MR) is 129 cm³/mol. The Morgan fingerprint density at radius 2 is 2.06 bits per heavy atom. The highest BCUT2D eigenvalue weighted by Crippen LogP contribution is 2.35. The molecule has 1 aromatic carbocycles. The van der Waals surface area contributed by atoms with Gasteiger partial charge in [0, 0.05) is 29.7 Å². The number of aliphatic hydroxyl groups is 1. The van der Waals surface area contributed by atoms with E-state index in [4.69, 9.17) is 16.3 Å². The smallest absolute Gasteiger partial charge is 0.258 e. The van der Waals surface area contributed by atoms with Gasteiger partial charge in [0.05, 0.1) is 17.8 Å². The molecule has 1 saturated carbocycles. The van der Waals surface area contributed by atoms with E-state index in [0.717, 1.165) is 49.9 Å². The second-order valence-electron chi connectivity index (χ2n) is 9.59. The Kier molecular flexibility index (Phi) is 7.73. The Hall–Kier alpha value is -2.64. The minimum atomic E-state index is -0.601. The van der Waals surface area contributed by atoms with Crippen LogP contribution in [0.25, 0.3) is 0 Å². The van der Waals surface area contributed by atoms with Gasteiger partial charge in [-0.2, -0.15) is 0 Å². The van der Waals surface area contributed by atoms with Crippen LogP contribution in [0.2, 0.25) is 5.02 Å². The maximum Gasteiger partial charge on any atom is 0.258 e. The van der Waals surface area contributed by atoms with Gasteiger partial charge in [-0.15, -0.1) is 0 Å². The Labute approximate surface area is 205 Å². The number of rotatable bonds is 8. The molecule has 34 heavy (non-hydrogen) atoms. The van der Waals surface area contributed by atoms with Crippen LogP contribution >= 0.6 is 11.6 Å². The lowest BCUT2D eigenvalue weighted by atomic mass is 9.83. The van der Waals surface area contributed by atoms with Crippen LogP contribution in [0.4, 0.5) is 0 Å². The van der Waals surface area contributed by atoms with Crippen molar-refractivity contribution in [2.45, 2.75) is 63.6 Å². The molecule has 7 nitrogen and oxygen atoms in total. The number of hydrogen-bond acceptors (Lipinski definition) is 5. The first-order chi connectivity index (χ1) is 16.3. The molecule has 1 atom stereocenters. The van der Waals surface area contributed by atoms with E-state index in [1.165, 1.54) is 0 Å². The molecule has 0 spiro atoms. The van der Waals surface area contributed by atoms with E-state index in [9.17, 15) is 14.7 Å². The minimum Gasteiger partial charge on any atom is -0.484 e. The average molecular weight is 486 g/mol. The maximum atomic E-state index is 13.0. The Morgan fingerprint density at radius 3 is 2.76 bits per heavy atom. The minimum absolute atomic E-state index is 0.0796. The van der Waals surface area contributed by atoms with E-state index in [0.29, 0.717) is 23.7 Å². The molecule has 2 heterocycles. The van der Waals surface area contributed by atoms with Gasteiger partial charge in [-0.05, 0) is 75.3 Å². The van der Waals surface area contributed by atoms with Crippen molar-refractivity contribution in [3.63, 3.8) is 0 Å². The van der Waals surface area contributed by atoms with E-state index >= 15 is 0 Å². The highest BCUT2D eigenvalue weighted by molar-refractivity contribution is 6.31. The quantitative estimate of drug-likeness (QED) is 0.597. The van der Waals surface area contributed by atoms with Crippen molar-refractivity contribution in [3.8, 4) is 5.75 Å². The zero-order valence-electron chi connectivity index (χ0n) is 19.5.